The van der Waals surface area contributed by atoms with Gasteiger partial charge in [0, 0.05) is 19.2 Å². The van der Waals surface area contributed by atoms with Crippen LogP contribution in [0.1, 0.15) is 13.8 Å². The maximum absolute atomic E-state index is 13.0. The SMILES string of the molecule is CC(C)CN(C)c1nn2cc(-c3ccc(F)cc3)nc2s1. The molecule has 2 aromatic heterocycles. The summed E-state index contributed by atoms with van der Waals surface area (Å²) in [5.41, 5.74) is 1.71. The minimum absolute atomic E-state index is 0.240. The molecule has 0 radical (unpaired) electrons. The minimum atomic E-state index is -0.240. The van der Waals surface area contributed by atoms with E-state index in [1.54, 1.807) is 28.0 Å². The molecule has 6 heteroatoms. The van der Waals surface area contributed by atoms with Gasteiger partial charge >= 0.3 is 0 Å². The summed E-state index contributed by atoms with van der Waals surface area (Å²) in [6.45, 7) is 5.32. The summed E-state index contributed by atoms with van der Waals surface area (Å²) in [6.07, 6.45) is 1.88. The molecule has 21 heavy (non-hydrogen) atoms. The average Bonchev–Trinajstić information content (AvgIpc) is 2.96. The lowest BCUT2D eigenvalue weighted by atomic mass is 10.2. The molecular weight excluding hydrogens is 287 g/mol. The van der Waals surface area contributed by atoms with Crippen LogP contribution in [-0.4, -0.2) is 28.2 Å². The van der Waals surface area contributed by atoms with E-state index in [9.17, 15) is 4.39 Å². The summed E-state index contributed by atoms with van der Waals surface area (Å²) in [7, 11) is 2.04. The largest absolute Gasteiger partial charge is 0.349 e. The van der Waals surface area contributed by atoms with Gasteiger partial charge in [-0.3, -0.25) is 0 Å². The summed E-state index contributed by atoms with van der Waals surface area (Å²) in [6, 6.07) is 6.34. The smallest absolute Gasteiger partial charge is 0.214 e. The Morgan fingerprint density at radius 1 is 1.29 bits per heavy atom. The Bertz CT molecular complexity index is 713. The maximum atomic E-state index is 13.0. The number of nitrogens with zero attached hydrogens (tertiary/aromatic N) is 4. The second-order valence-corrected chi connectivity index (χ2v) is 6.45. The number of hydrogen-bond donors (Lipinski definition) is 0. The van der Waals surface area contributed by atoms with E-state index >= 15 is 0 Å². The molecule has 0 bridgehead atoms. The molecule has 0 amide bonds. The number of imidazole rings is 1. The summed E-state index contributed by atoms with van der Waals surface area (Å²) < 4.78 is 14.7. The van der Waals surface area contributed by atoms with E-state index in [1.807, 2.05) is 13.2 Å². The zero-order valence-corrected chi connectivity index (χ0v) is 13.1. The van der Waals surface area contributed by atoms with Crippen LogP contribution in [0, 0.1) is 11.7 Å². The lowest BCUT2D eigenvalue weighted by Crippen LogP contribution is -2.22. The monoisotopic (exact) mass is 304 g/mol. The first-order valence-electron chi connectivity index (χ1n) is 6.86. The van der Waals surface area contributed by atoms with Crippen LogP contribution in [0.2, 0.25) is 0 Å². The second kappa shape index (κ2) is 5.44. The number of anilines is 1. The molecule has 0 aliphatic heterocycles. The fraction of sp³-hybridized carbons (Fsp3) is 0.333. The zero-order valence-electron chi connectivity index (χ0n) is 12.2. The van der Waals surface area contributed by atoms with Crippen LogP contribution in [0.5, 0.6) is 0 Å². The molecule has 0 spiro atoms. The molecule has 0 atom stereocenters. The summed E-state index contributed by atoms with van der Waals surface area (Å²) in [5.74, 6) is 0.344. The van der Waals surface area contributed by atoms with Crippen LogP contribution in [0.15, 0.2) is 30.5 Å². The highest BCUT2D eigenvalue weighted by molar-refractivity contribution is 7.20. The average molecular weight is 304 g/mol. The standard InChI is InChI=1S/C15H17FN4S/c1-10(2)8-19(3)15-18-20-9-13(17-14(20)21-15)11-4-6-12(16)7-5-11/h4-7,9-10H,8H2,1-3H3. The van der Waals surface area contributed by atoms with Crippen LogP contribution in [0.25, 0.3) is 16.2 Å². The fourth-order valence-electron chi connectivity index (χ4n) is 2.23. The van der Waals surface area contributed by atoms with Crippen molar-refractivity contribution in [2.75, 3.05) is 18.5 Å². The molecule has 0 unspecified atom stereocenters. The molecular formula is C15H17FN4S. The second-order valence-electron chi connectivity index (χ2n) is 5.52. The molecule has 0 saturated carbocycles. The molecule has 4 nitrogen and oxygen atoms in total. The van der Waals surface area contributed by atoms with E-state index in [2.05, 4.69) is 28.8 Å². The van der Waals surface area contributed by atoms with Gasteiger partial charge in [-0.25, -0.2) is 13.9 Å². The number of fused-ring (bicyclic) bond motifs is 1. The number of halogens is 1. The molecule has 3 aromatic rings. The minimum Gasteiger partial charge on any atom is -0.349 e. The van der Waals surface area contributed by atoms with Crippen molar-refractivity contribution in [3.05, 3.63) is 36.3 Å². The van der Waals surface area contributed by atoms with Gasteiger partial charge in [0.05, 0.1) is 11.9 Å². The molecule has 1 aromatic carbocycles. The van der Waals surface area contributed by atoms with Gasteiger partial charge < -0.3 is 4.90 Å². The van der Waals surface area contributed by atoms with Crippen LogP contribution in [-0.2, 0) is 0 Å². The van der Waals surface area contributed by atoms with Gasteiger partial charge in [-0.1, -0.05) is 25.2 Å². The van der Waals surface area contributed by atoms with E-state index in [4.69, 9.17) is 0 Å². The third-order valence-corrected chi connectivity index (χ3v) is 4.17. The van der Waals surface area contributed by atoms with Gasteiger partial charge in [0.15, 0.2) is 0 Å². The Labute approximate surface area is 126 Å². The highest BCUT2D eigenvalue weighted by atomic mass is 32.1. The van der Waals surface area contributed by atoms with Gasteiger partial charge in [0.25, 0.3) is 0 Å². The van der Waals surface area contributed by atoms with Crippen molar-refractivity contribution in [2.45, 2.75) is 13.8 Å². The lowest BCUT2D eigenvalue weighted by molar-refractivity contribution is 0.628. The Hall–Kier alpha value is -1.95. The maximum Gasteiger partial charge on any atom is 0.214 e. The van der Waals surface area contributed by atoms with Crippen LogP contribution >= 0.6 is 11.3 Å². The first-order chi connectivity index (χ1) is 10.0. The number of benzene rings is 1. The Kier molecular flexibility index (Phi) is 3.63. The van der Waals surface area contributed by atoms with Crippen molar-refractivity contribution in [3.63, 3.8) is 0 Å². The summed E-state index contributed by atoms with van der Waals surface area (Å²) in [5, 5.41) is 5.51. The first kappa shape index (κ1) is 14.0. The van der Waals surface area contributed by atoms with E-state index in [0.29, 0.717) is 5.92 Å². The Balaban J connectivity index is 1.89. The third-order valence-electron chi connectivity index (χ3n) is 3.14. The van der Waals surface area contributed by atoms with Crippen LogP contribution in [0.4, 0.5) is 9.52 Å². The van der Waals surface area contributed by atoms with Crippen molar-refractivity contribution in [3.8, 4) is 11.3 Å². The van der Waals surface area contributed by atoms with E-state index in [0.717, 1.165) is 27.9 Å². The third kappa shape index (κ3) is 2.90. The van der Waals surface area contributed by atoms with E-state index in [-0.39, 0.29) is 5.82 Å². The van der Waals surface area contributed by atoms with Gasteiger partial charge in [0.2, 0.25) is 10.1 Å². The topological polar surface area (TPSA) is 33.4 Å². The molecule has 110 valence electrons. The quantitative estimate of drug-likeness (QED) is 0.737. The molecule has 0 N–H and O–H groups in total. The van der Waals surface area contributed by atoms with E-state index < -0.39 is 0 Å². The Morgan fingerprint density at radius 2 is 2.00 bits per heavy atom. The molecule has 2 heterocycles. The number of aromatic nitrogens is 3. The zero-order chi connectivity index (χ0) is 15.0. The normalized spacial score (nSPS) is 11.5. The lowest BCUT2D eigenvalue weighted by Gasteiger charge is -2.17. The highest BCUT2D eigenvalue weighted by Gasteiger charge is 2.13. The molecule has 0 aliphatic rings. The van der Waals surface area contributed by atoms with Crippen molar-refractivity contribution in [1.29, 1.82) is 0 Å². The predicted octanol–water partition coefficient (Wildman–Crippen LogP) is 3.69. The van der Waals surface area contributed by atoms with Crippen LogP contribution in [0.3, 0.4) is 0 Å². The fourth-order valence-corrected chi connectivity index (χ4v) is 3.08. The van der Waals surface area contributed by atoms with Gasteiger partial charge in [-0.15, -0.1) is 5.10 Å². The Morgan fingerprint density at radius 3 is 2.62 bits per heavy atom. The highest BCUT2D eigenvalue weighted by Crippen LogP contribution is 2.26. The van der Waals surface area contributed by atoms with Crippen molar-refractivity contribution >= 4 is 21.4 Å². The predicted molar refractivity (Wildman–Crippen MR) is 84.4 cm³/mol. The summed E-state index contributed by atoms with van der Waals surface area (Å²) in [4.78, 5) is 7.55. The molecule has 0 saturated heterocycles. The van der Waals surface area contributed by atoms with Crippen molar-refractivity contribution in [1.82, 2.24) is 14.6 Å². The first-order valence-corrected chi connectivity index (χ1v) is 7.68. The summed E-state index contributed by atoms with van der Waals surface area (Å²) >= 11 is 1.56. The van der Waals surface area contributed by atoms with Crippen molar-refractivity contribution in [2.24, 2.45) is 5.92 Å². The molecule has 3 rings (SSSR count). The van der Waals surface area contributed by atoms with E-state index in [1.165, 1.54) is 12.1 Å². The van der Waals surface area contributed by atoms with Gasteiger partial charge in [-0.2, -0.15) is 0 Å². The van der Waals surface area contributed by atoms with Gasteiger partial charge in [-0.05, 0) is 30.2 Å². The van der Waals surface area contributed by atoms with Gasteiger partial charge in [0.1, 0.15) is 5.82 Å². The molecule has 0 aliphatic carbocycles. The van der Waals surface area contributed by atoms with Crippen LogP contribution < -0.4 is 4.90 Å². The number of rotatable bonds is 4. The van der Waals surface area contributed by atoms with Crippen molar-refractivity contribution < 1.29 is 4.39 Å². The number of hydrogen-bond acceptors (Lipinski definition) is 4. The molecule has 0 fully saturated rings.